The van der Waals surface area contributed by atoms with Crippen molar-refractivity contribution in [1.29, 1.82) is 0 Å². The third-order valence-corrected chi connectivity index (χ3v) is 13.4. The van der Waals surface area contributed by atoms with Crippen LogP contribution in [0, 0.1) is 5.92 Å². The van der Waals surface area contributed by atoms with Crippen LogP contribution >= 0.6 is 11.8 Å². The quantitative estimate of drug-likeness (QED) is 0.268. The first kappa shape index (κ1) is 40.4. The molecule has 1 saturated heterocycles. The summed E-state index contributed by atoms with van der Waals surface area (Å²) in [5, 5.41) is 6.49. The van der Waals surface area contributed by atoms with Gasteiger partial charge in [0, 0.05) is 29.0 Å². The average molecular weight is 820 g/mol. The van der Waals surface area contributed by atoms with Crippen LogP contribution < -0.4 is 24.8 Å². The predicted octanol–water partition coefficient (Wildman–Crippen LogP) is 4.72. The number of carbonyl (C=O) groups is 4. The molecular formula is C41H49N5O9S2. The van der Waals surface area contributed by atoms with E-state index in [2.05, 4.69) is 15.4 Å². The van der Waals surface area contributed by atoms with Crippen LogP contribution in [-0.2, 0) is 29.1 Å². The van der Waals surface area contributed by atoms with Gasteiger partial charge in [0.1, 0.15) is 35.1 Å². The van der Waals surface area contributed by atoms with Crippen LogP contribution in [0.15, 0.2) is 66.7 Å². The number of benzene rings is 2. The molecule has 3 fully saturated rings. The van der Waals surface area contributed by atoms with Crippen molar-refractivity contribution < 1.29 is 41.8 Å². The van der Waals surface area contributed by atoms with Gasteiger partial charge in [-0.05, 0) is 88.3 Å². The fourth-order valence-electron chi connectivity index (χ4n) is 7.27. The van der Waals surface area contributed by atoms with Gasteiger partial charge >= 0.3 is 6.09 Å². The Morgan fingerprint density at radius 3 is 2.56 bits per heavy atom. The zero-order chi connectivity index (χ0) is 40.5. The van der Waals surface area contributed by atoms with E-state index >= 15 is 0 Å². The number of nitrogens with one attached hydrogen (secondary N) is 3. The third-order valence-electron chi connectivity index (χ3n) is 10.5. The Kier molecular flexibility index (Phi) is 11.5. The number of fused-ring (bicyclic) bond motifs is 3. The number of carbonyl (C=O) groups excluding carboxylic acids is 4. The van der Waals surface area contributed by atoms with Crippen LogP contribution in [0.1, 0.15) is 59.3 Å². The van der Waals surface area contributed by atoms with Gasteiger partial charge in [0.05, 0.1) is 24.6 Å². The number of alkyl carbamates (subject to hydrolysis) is 1. The molecular weight excluding hydrogens is 771 g/mol. The normalized spacial score (nSPS) is 26.1. The number of ether oxygens (including phenoxy) is 3. The van der Waals surface area contributed by atoms with Crippen molar-refractivity contribution in [2.24, 2.45) is 5.92 Å². The number of nitrogens with zero attached hydrogens (tertiary/aromatic N) is 2. The highest BCUT2D eigenvalue weighted by atomic mass is 32.2. The van der Waals surface area contributed by atoms with E-state index in [0.717, 1.165) is 17.4 Å². The van der Waals surface area contributed by atoms with Crippen LogP contribution in [0.25, 0.3) is 22.0 Å². The molecule has 4 amide bonds. The second-order valence-corrected chi connectivity index (χ2v) is 19.1. The molecule has 0 spiro atoms. The Morgan fingerprint density at radius 1 is 1.07 bits per heavy atom. The molecule has 3 heterocycles. The molecule has 3 N–H and O–H groups in total. The summed E-state index contributed by atoms with van der Waals surface area (Å²) in [7, 11) is -2.32. The molecule has 16 heteroatoms. The highest BCUT2D eigenvalue weighted by Gasteiger charge is 2.62. The summed E-state index contributed by atoms with van der Waals surface area (Å²) in [6.45, 7) is 5.14. The molecule has 5 atom stereocenters. The average Bonchev–Trinajstić information content (AvgIpc) is 4.09. The zero-order valence-electron chi connectivity index (χ0n) is 32.5. The van der Waals surface area contributed by atoms with E-state index in [1.54, 1.807) is 33.9 Å². The van der Waals surface area contributed by atoms with Gasteiger partial charge in [-0.3, -0.25) is 19.1 Å². The minimum atomic E-state index is -3.91. The van der Waals surface area contributed by atoms with Crippen molar-refractivity contribution in [2.45, 2.75) is 93.9 Å². The number of pyridine rings is 1. The Labute approximate surface area is 336 Å². The molecule has 2 aromatic carbocycles. The molecule has 304 valence electrons. The molecule has 7 rings (SSSR count). The molecule has 57 heavy (non-hydrogen) atoms. The van der Waals surface area contributed by atoms with Gasteiger partial charge in [0.2, 0.25) is 27.7 Å². The van der Waals surface area contributed by atoms with Crippen LogP contribution in [0.3, 0.4) is 0 Å². The zero-order valence-corrected chi connectivity index (χ0v) is 34.1. The third kappa shape index (κ3) is 9.33. The van der Waals surface area contributed by atoms with Crippen molar-refractivity contribution in [3.05, 3.63) is 66.7 Å². The minimum Gasteiger partial charge on any atom is -0.497 e. The highest BCUT2D eigenvalue weighted by molar-refractivity contribution is 7.99. The smallest absolute Gasteiger partial charge is 0.408 e. The standard InChI is InChI=1S/C41H49N5O9S2/c1-40(2,3)55-39(50)43-33-24-56-18-10-6-9-13-27-22-41(27,38(49)45-57(51,52)30-15-16-30)44-35(47)34-21-29(23-46(34)37(33)48)54-36-31-17-14-28(53-4)19-26(31)20-32(42-36)25-11-7-5-8-12-25/h5,7-9,11-14,17,19-20,27,29-30,33-34H,6,10,15-16,18,21-24H2,1-4H3,(H,43,50)(H,44,47)(H,45,49)/b13-9-/t27?,29?,33-,34-,41+/m0/s1. The lowest BCUT2D eigenvalue weighted by molar-refractivity contribution is -0.140. The number of thioether (sulfide) groups is 1. The Bertz CT molecular complexity index is 2170. The van der Waals surface area contributed by atoms with Crippen LogP contribution in [-0.4, -0.2) is 102 Å². The maximum Gasteiger partial charge on any atom is 0.408 e. The fraction of sp³-hybridized carbons (Fsp3) is 0.488. The van der Waals surface area contributed by atoms with E-state index in [4.69, 9.17) is 19.2 Å². The molecule has 4 aliphatic rings. The number of allylic oxidation sites excluding steroid dienone is 1. The number of rotatable bonds is 8. The van der Waals surface area contributed by atoms with Crippen molar-refractivity contribution in [3.8, 4) is 22.9 Å². The molecule has 0 bridgehead atoms. The highest BCUT2D eigenvalue weighted by Crippen LogP contribution is 2.46. The number of sulfonamides is 1. The van der Waals surface area contributed by atoms with E-state index in [0.29, 0.717) is 47.7 Å². The maximum absolute atomic E-state index is 14.6. The number of hydrogen-bond donors (Lipinski definition) is 3. The van der Waals surface area contributed by atoms with E-state index < -0.39 is 74.3 Å². The molecule has 1 aromatic heterocycles. The largest absolute Gasteiger partial charge is 0.497 e. The van der Waals surface area contributed by atoms with Gasteiger partial charge in [-0.1, -0.05) is 42.5 Å². The lowest BCUT2D eigenvalue weighted by Crippen LogP contribution is -2.58. The van der Waals surface area contributed by atoms with Crippen molar-refractivity contribution in [3.63, 3.8) is 0 Å². The summed E-state index contributed by atoms with van der Waals surface area (Å²) in [5.41, 5.74) is -0.839. The first-order valence-corrected chi connectivity index (χ1v) is 22.0. The first-order chi connectivity index (χ1) is 27.2. The SMILES string of the molecule is COc1ccc2c(OC3C[C@H]4C(=O)N[C@]5(C(=O)NS(=O)(=O)C6CC6)CC5/C=C\CCCSC[C@H](NC(=O)OC(C)(C)C)C(=O)N4C3)nc(-c3ccccc3)cc2c1. The monoisotopic (exact) mass is 819 g/mol. The molecule has 14 nitrogen and oxygen atoms in total. The van der Waals surface area contributed by atoms with Gasteiger partial charge in [-0.2, -0.15) is 11.8 Å². The molecule has 0 radical (unpaired) electrons. The first-order valence-electron chi connectivity index (χ1n) is 19.3. The second-order valence-electron chi connectivity index (χ2n) is 16.0. The van der Waals surface area contributed by atoms with Gasteiger partial charge in [-0.25, -0.2) is 18.2 Å². The van der Waals surface area contributed by atoms with Gasteiger partial charge in [-0.15, -0.1) is 0 Å². The number of aromatic nitrogens is 1. The number of methoxy groups -OCH3 is 1. The topological polar surface area (TPSA) is 182 Å². The minimum absolute atomic E-state index is 0.0251. The van der Waals surface area contributed by atoms with E-state index in [-0.39, 0.29) is 25.1 Å². The van der Waals surface area contributed by atoms with Gasteiger partial charge < -0.3 is 29.7 Å². The molecule has 2 aliphatic carbocycles. The summed E-state index contributed by atoms with van der Waals surface area (Å²) in [5.74, 6) is -0.561. The van der Waals surface area contributed by atoms with E-state index in [9.17, 15) is 27.6 Å². The Morgan fingerprint density at radius 2 is 1.84 bits per heavy atom. The van der Waals surface area contributed by atoms with E-state index in [1.807, 2.05) is 60.7 Å². The summed E-state index contributed by atoms with van der Waals surface area (Å²) >= 11 is 1.49. The van der Waals surface area contributed by atoms with Gasteiger partial charge in [0.25, 0.3) is 5.91 Å². The fourth-order valence-corrected chi connectivity index (χ4v) is 9.63. The van der Waals surface area contributed by atoms with Crippen molar-refractivity contribution >= 4 is 56.4 Å². The Balaban J connectivity index is 1.23. The van der Waals surface area contributed by atoms with Crippen LogP contribution in [0.2, 0.25) is 0 Å². The van der Waals surface area contributed by atoms with E-state index in [1.165, 1.54) is 16.7 Å². The van der Waals surface area contributed by atoms with Crippen LogP contribution in [0.5, 0.6) is 11.6 Å². The molecule has 2 aliphatic heterocycles. The summed E-state index contributed by atoms with van der Waals surface area (Å²) in [4.78, 5) is 62.3. The number of hydrogen-bond acceptors (Lipinski definition) is 11. The predicted molar refractivity (Wildman–Crippen MR) is 216 cm³/mol. The van der Waals surface area contributed by atoms with Gasteiger partial charge in [0.15, 0.2) is 0 Å². The lowest BCUT2D eigenvalue weighted by Gasteiger charge is -2.30. The summed E-state index contributed by atoms with van der Waals surface area (Å²) < 4.78 is 45.7. The molecule has 2 unspecified atom stereocenters. The van der Waals surface area contributed by atoms with Crippen molar-refractivity contribution in [2.75, 3.05) is 25.2 Å². The Hall–Kier alpha value is -4.83. The lowest BCUT2D eigenvalue weighted by atomic mass is 10.1. The van der Waals surface area contributed by atoms with Crippen molar-refractivity contribution in [1.82, 2.24) is 25.2 Å². The molecule has 2 saturated carbocycles. The maximum atomic E-state index is 14.6. The number of amides is 4. The van der Waals surface area contributed by atoms with Crippen LogP contribution in [0.4, 0.5) is 4.79 Å². The summed E-state index contributed by atoms with van der Waals surface area (Å²) in [6, 6.07) is 14.9. The second kappa shape index (κ2) is 16.2. The molecule has 3 aromatic rings. The summed E-state index contributed by atoms with van der Waals surface area (Å²) in [6.07, 6.45) is 4.86.